The number of hydrogen-bond donors (Lipinski definition) is 1. The first-order valence-corrected chi connectivity index (χ1v) is 6.28. The Labute approximate surface area is 114 Å². The summed E-state index contributed by atoms with van der Waals surface area (Å²) in [6, 6.07) is -0.182. The van der Waals surface area contributed by atoms with Crippen LogP contribution in [0.3, 0.4) is 0 Å². The van der Waals surface area contributed by atoms with Gasteiger partial charge in [-0.3, -0.25) is 4.68 Å². The maximum atomic E-state index is 12.0. The summed E-state index contributed by atoms with van der Waals surface area (Å²) in [5.41, 5.74) is 0.749. The maximum absolute atomic E-state index is 12.0. The molecule has 1 rings (SSSR count). The highest BCUT2D eigenvalue weighted by Crippen LogP contribution is 2.24. The van der Waals surface area contributed by atoms with E-state index in [1.165, 1.54) is 6.20 Å². The topological polar surface area (TPSA) is 39.1 Å². The van der Waals surface area contributed by atoms with E-state index in [-0.39, 0.29) is 12.6 Å². The average molecular weight is 300 g/mol. The fourth-order valence-electron chi connectivity index (χ4n) is 1.78. The molecule has 8 heteroatoms. The summed E-state index contributed by atoms with van der Waals surface area (Å²) in [5.74, 6) is 0. The van der Waals surface area contributed by atoms with Gasteiger partial charge in [0.2, 0.25) is 0 Å². The van der Waals surface area contributed by atoms with Gasteiger partial charge in [0.1, 0.15) is 6.61 Å². The van der Waals surface area contributed by atoms with Crippen molar-refractivity contribution >= 4 is 11.6 Å². The molecule has 0 bridgehead atoms. The van der Waals surface area contributed by atoms with Gasteiger partial charge in [-0.2, -0.15) is 18.3 Å². The molecule has 0 spiro atoms. The first-order chi connectivity index (χ1) is 8.85. The van der Waals surface area contributed by atoms with E-state index in [1.54, 1.807) is 11.7 Å². The van der Waals surface area contributed by atoms with Crippen molar-refractivity contribution in [1.82, 2.24) is 15.1 Å². The van der Waals surface area contributed by atoms with E-state index in [0.29, 0.717) is 18.0 Å². The van der Waals surface area contributed by atoms with Crippen molar-refractivity contribution in [3.63, 3.8) is 0 Å². The molecule has 0 radical (unpaired) electrons. The summed E-state index contributed by atoms with van der Waals surface area (Å²) in [7, 11) is 1.74. The second-order valence-corrected chi connectivity index (χ2v) is 4.48. The van der Waals surface area contributed by atoms with Gasteiger partial charge >= 0.3 is 6.18 Å². The Balaban J connectivity index is 2.55. The summed E-state index contributed by atoms with van der Waals surface area (Å²) in [5, 5.41) is 7.66. The quantitative estimate of drug-likeness (QED) is 0.787. The Morgan fingerprint density at radius 2 is 2.21 bits per heavy atom. The third-order valence-corrected chi connectivity index (χ3v) is 2.83. The maximum Gasteiger partial charge on any atom is 0.411 e. The molecule has 19 heavy (non-hydrogen) atoms. The van der Waals surface area contributed by atoms with Crippen LogP contribution in [0.4, 0.5) is 13.2 Å². The third kappa shape index (κ3) is 5.38. The second-order valence-electron chi connectivity index (χ2n) is 4.07. The Kier molecular flexibility index (Phi) is 6.09. The van der Waals surface area contributed by atoms with Gasteiger partial charge in [0.15, 0.2) is 0 Å². The fourth-order valence-corrected chi connectivity index (χ4v) is 2.08. The summed E-state index contributed by atoms with van der Waals surface area (Å²) in [6.07, 6.45) is -2.39. The van der Waals surface area contributed by atoms with Crippen LogP contribution in [0.15, 0.2) is 6.20 Å². The van der Waals surface area contributed by atoms with Crippen LogP contribution in [0.5, 0.6) is 0 Å². The number of rotatable bonds is 7. The van der Waals surface area contributed by atoms with Crippen LogP contribution >= 0.6 is 11.6 Å². The SMILES string of the molecule is CCNC(CCOCC(F)(F)F)c1c(Cl)cnn1C. The monoisotopic (exact) mass is 299 g/mol. The van der Waals surface area contributed by atoms with Crippen molar-refractivity contribution < 1.29 is 17.9 Å². The average Bonchev–Trinajstić information content (AvgIpc) is 2.62. The lowest BCUT2D eigenvalue weighted by Gasteiger charge is -2.19. The first kappa shape index (κ1) is 16.3. The number of aromatic nitrogens is 2. The van der Waals surface area contributed by atoms with Crippen molar-refractivity contribution in [2.45, 2.75) is 25.6 Å². The van der Waals surface area contributed by atoms with Gasteiger partial charge < -0.3 is 10.1 Å². The predicted octanol–water partition coefficient (Wildman–Crippen LogP) is 2.69. The molecule has 0 saturated carbocycles. The molecule has 1 aromatic heterocycles. The molecule has 0 aromatic carbocycles. The molecule has 110 valence electrons. The van der Waals surface area contributed by atoms with Gasteiger partial charge in [-0.15, -0.1) is 0 Å². The number of hydrogen-bond acceptors (Lipinski definition) is 3. The molecular weight excluding hydrogens is 283 g/mol. The van der Waals surface area contributed by atoms with Crippen LogP contribution in [0.1, 0.15) is 25.1 Å². The summed E-state index contributed by atoms with van der Waals surface area (Å²) in [6.45, 7) is 1.35. The van der Waals surface area contributed by atoms with Crippen LogP contribution in [-0.2, 0) is 11.8 Å². The van der Waals surface area contributed by atoms with E-state index in [9.17, 15) is 13.2 Å². The fraction of sp³-hybridized carbons (Fsp3) is 0.727. The molecule has 1 unspecified atom stereocenters. The molecule has 1 N–H and O–H groups in total. The van der Waals surface area contributed by atoms with Gasteiger partial charge in [-0.1, -0.05) is 18.5 Å². The lowest BCUT2D eigenvalue weighted by atomic mass is 10.1. The van der Waals surface area contributed by atoms with Crippen molar-refractivity contribution in [2.75, 3.05) is 19.8 Å². The largest absolute Gasteiger partial charge is 0.411 e. The van der Waals surface area contributed by atoms with E-state index in [1.807, 2.05) is 6.92 Å². The van der Waals surface area contributed by atoms with Crippen LogP contribution < -0.4 is 5.32 Å². The molecule has 0 fully saturated rings. The number of aryl methyl sites for hydroxylation is 1. The van der Waals surface area contributed by atoms with E-state index >= 15 is 0 Å². The Bertz CT molecular complexity index is 376. The number of nitrogens with zero attached hydrogens (tertiary/aromatic N) is 2. The number of ether oxygens (including phenoxy) is 1. The zero-order chi connectivity index (χ0) is 14.5. The van der Waals surface area contributed by atoms with Crippen LogP contribution in [0.2, 0.25) is 5.02 Å². The molecule has 0 saturated heterocycles. The number of alkyl halides is 3. The minimum atomic E-state index is -4.29. The molecule has 1 atom stereocenters. The Hall–Kier alpha value is -0.790. The van der Waals surface area contributed by atoms with Crippen LogP contribution in [0.25, 0.3) is 0 Å². The van der Waals surface area contributed by atoms with Gasteiger partial charge in [-0.05, 0) is 13.0 Å². The van der Waals surface area contributed by atoms with Gasteiger partial charge in [0.05, 0.1) is 23.0 Å². The normalized spacial score (nSPS) is 13.8. The zero-order valence-corrected chi connectivity index (χ0v) is 11.6. The minimum absolute atomic E-state index is 0.00130. The van der Waals surface area contributed by atoms with Gasteiger partial charge in [0, 0.05) is 13.7 Å². The Morgan fingerprint density at radius 3 is 2.68 bits per heavy atom. The summed E-state index contributed by atoms with van der Waals surface area (Å²) < 4.78 is 42.1. The standard InChI is InChI=1S/C11H17ClF3N3O/c1-3-16-9(4-5-19-7-11(13,14)15)10-8(12)6-17-18(10)2/h6,9,16H,3-5,7H2,1-2H3. The molecule has 0 aliphatic carbocycles. The molecule has 1 aromatic rings. The molecular formula is C11H17ClF3N3O. The highest BCUT2D eigenvalue weighted by molar-refractivity contribution is 6.31. The van der Waals surface area contributed by atoms with E-state index in [0.717, 1.165) is 5.69 Å². The van der Waals surface area contributed by atoms with Crippen molar-refractivity contribution in [3.05, 3.63) is 16.9 Å². The van der Waals surface area contributed by atoms with Crippen molar-refractivity contribution in [3.8, 4) is 0 Å². The highest BCUT2D eigenvalue weighted by atomic mass is 35.5. The highest BCUT2D eigenvalue weighted by Gasteiger charge is 2.27. The van der Waals surface area contributed by atoms with E-state index in [4.69, 9.17) is 11.6 Å². The van der Waals surface area contributed by atoms with Crippen LogP contribution in [0, 0.1) is 0 Å². The molecule has 0 aliphatic rings. The second kappa shape index (κ2) is 7.12. The summed E-state index contributed by atoms with van der Waals surface area (Å²) >= 11 is 6.02. The molecule has 4 nitrogen and oxygen atoms in total. The minimum Gasteiger partial charge on any atom is -0.372 e. The third-order valence-electron chi connectivity index (χ3n) is 2.53. The summed E-state index contributed by atoms with van der Waals surface area (Å²) in [4.78, 5) is 0. The van der Waals surface area contributed by atoms with Crippen molar-refractivity contribution in [2.24, 2.45) is 7.05 Å². The van der Waals surface area contributed by atoms with Gasteiger partial charge in [-0.25, -0.2) is 0 Å². The lowest BCUT2D eigenvalue weighted by molar-refractivity contribution is -0.174. The molecule has 0 aliphatic heterocycles. The van der Waals surface area contributed by atoms with Crippen LogP contribution in [-0.4, -0.2) is 35.7 Å². The van der Waals surface area contributed by atoms with E-state index < -0.39 is 12.8 Å². The first-order valence-electron chi connectivity index (χ1n) is 5.90. The number of nitrogens with one attached hydrogen (secondary N) is 1. The molecule has 1 heterocycles. The lowest BCUT2D eigenvalue weighted by Crippen LogP contribution is -2.26. The zero-order valence-electron chi connectivity index (χ0n) is 10.8. The number of halogens is 4. The molecule has 0 amide bonds. The smallest absolute Gasteiger partial charge is 0.372 e. The van der Waals surface area contributed by atoms with Crippen molar-refractivity contribution in [1.29, 1.82) is 0 Å². The Morgan fingerprint density at radius 1 is 1.53 bits per heavy atom. The van der Waals surface area contributed by atoms with Gasteiger partial charge in [0.25, 0.3) is 0 Å². The predicted molar refractivity (Wildman–Crippen MR) is 66.1 cm³/mol. The van der Waals surface area contributed by atoms with E-state index in [2.05, 4.69) is 15.2 Å².